The fourth-order valence-corrected chi connectivity index (χ4v) is 6.62. The number of aliphatic hydroxyl groups excluding tert-OH is 1. The van der Waals surface area contributed by atoms with Crippen molar-refractivity contribution in [3.8, 4) is 5.75 Å². The Morgan fingerprint density at radius 3 is 2.53 bits per heavy atom. The number of aliphatic carboxylic acids is 1. The summed E-state index contributed by atoms with van der Waals surface area (Å²) in [4.78, 5) is 28.2. The van der Waals surface area contributed by atoms with Crippen LogP contribution in [0.4, 0.5) is 0 Å². The fourth-order valence-electron chi connectivity index (χ4n) is 5.59. The summed E-state index contributed by atoms with van der Waals surface area (Å²) in [5.74, 6) is 0.141. The van der Waals surface area contributed by atoms with E-state index in [4.69, 9.17) is 0 Å². The largest absolute Gasteiger partial charge is 0.508 e. The maximum Gasteiger partial charge on any atom is 0.320 e. The second kappa shape index (κ2) is 12.1. The number of carbonyl (C=O) groups is 2. The van der Waals surface area contributed by atoms with E-state index >= 15 is 0 Å². The Hall–Kier alpha value is -2.55. The minimum atomic E-state index is -0.954. The number of likely N-dealkylation sites (tertiary alicyclic amines) is 1. The Morgan fingerprint density at radius 1 is 1.08 bits per heavy atom. The van der Waals surface area contributed by atoms with Gasteiger partial charge in [0.2, 0.25) is 0 Å². The minimum absolute atomic E-state index is 0.0399. The molecule has 1 saturated carbocycles. The van der Waals surface area contributed by atoms with E-state index in [9.17, 15) is 24.9 Å². The van der Waals surface area contributed by atoms with Crippen molar-refractivity contribution in [2.24, 2.45) is 11.8 Å². The number of aliphatic hydroxyl groups is 1. The highest BCUT2D eigenvalue weighted by Crippen LogP contribution is 2.38. The average molecular weight is 513 g/mol. The van der Waals surface area contributed by atoms with Crippen LogP contribution >= 0.6 is 11.8 Å². The summed E-state index contributed by atoms with van der Waals surface area (Å²) in [6, 6.07) is 13.3. The van der Waals surface area contributed by atoms with Gasteiger partial charge in [-0.25, -0.2) is 0 Å². The molecule has 4 rings (SSSR count). The summed E-state index contributed by atoms with van der Waals surface area (Å²) < 4.78 is 0. The van der Waals surface area contributed by atoms with Crippen LogP contribution in [0.25, 0.3) is 0 Å². The van der Waals surface area contributed by atoms with Gasteiger partial charge in [0.1, 0.15) is 11.8 Å². The first-order valence-electron chi connectivity index (χ1n) is 12.8. The molecule has 1 aliphatic heterocycles. The van der Waals surface area contributed by atoms with Gasteiger partial charge >= 0.3 is 5.97 Å². The predicted molar refractivity (Wildman–Crippen MR) is 140 cm³/mol. The van der Waals surface area contributed by atoms with Crippen molar-refractivity contribution >= 4 is 23.6 Å². The number of β-amino-alcohol motifs (C(OH)–C–C–N with tert-alkyl or cyclic N) is 1. The van der Waals surface area contributed by atoms with Crippen molar-refractivity contribution in [3.05, 3.63) is 59.7 Å². The molecule has 5 atom stereocenters. The van der Waals surface area contributed by atoms with Gasteiger partial charge in [-0.05, 0) is 55.9 Å². The molecule has 2 fully saturated rings. The molecule has 36 heavy (non-hydrogen) atoms. The number of fused-ring (bicyclic) bond motifs is 1. The number of carboxylic acid groups (broad SMARTS) is 1. The van der Waals surface area contributed by atoms with E-state index in [1.54, 1.807) is 19.1 Å². The number of piperidine rings is 1. The molecular weight excluding hydrogens is 476 g/mol. The summed E-state index contributed by atoms with van der Waals surface area (Å²) in [6.45, 7) is 2.52. The molecule has 2 aromatic rings. The van der Waals surface area contributed by atoms with Crippen molar-refractivity contribution in [3.63, 3.8) is 0 Å². The normalized spacial score (nSPS) is 23.9. The predicted octanol–water partition coefficient (Wildman–Crippen LogP) is 3.92. The SMILES string of the molecule is Cc1c(O)cccc1C(=O)N[C@@H](CSc1ccccc1)[C@H](O)CN1C[C@H]2CCCC[C@H]2C[C@@H]1C(=O)O. The Kier molecular flexibility index (Phi) is 8.93. The number of carboxylic acids is 1. The Labute approximate surface area is 216 Å². The molecule has 0 spiro atoms. The van der Waals surface area contributed by atoms with Crippen LogP contribution in [0.3, 0.4) is 0 Å². The van der Waals surface area contributed by atoms with Crippen molar-refractivity contribution in [2.75, 3.05) is 18.8 Å². The standard InChI is InChI=1S/C28H36N2O5S/c1-18-22(12-7-13-25(18)31)27(33)29-23(17-36-21-10-3-2-4-11-21)26(32)16-30-15-20-9-6-5-8-19(20)14-24(30)28(34)35/h2-4,7,10-13,19-20,23-24,26,31-32H,5-6,8-9,14-17H2,1H3,(H,29,33)(H,34,35)/t19-,20+,23-,24+,26+/m0/s1. The highest BCUT2D eigenvalue weighted by molar-refractivity contribution is 7.99. The van der Waals surface area contributed by atoms with E-state index in [-0.39, 0.29) is 18.2 Å². The lowest BCUT2D eigenvalue weighted by Crippen LogP contribution is -2.57. The number of rotatable bonds is 9. The summed E-state index contributed by atoms with van der Waals surface area (Å²) in [7, 11) is 0. The number of phenols is 1. The topological polar surface area (TPSA) is 110 Å². The Balaban J connectivity index is 1.50. The zero-order valence-corrected chi connectivity index (χ0v) is 21.5. The molecule has 7 nitrogen and oxygen atoms in total. The first-order valence-corrected chi connectivity index (χ1v) is 13.7. The van der Waals surface area contributed by atoms with E-state index in [1.807, 2.05) is 35.2 Å². The third-order valence-electron chi connectivity index (χ3n) is 7.71. The van der Waals surface area contributed by atoms with E-state index in [1.165, 1.54) is 24.2 Å². The lowest BCUT2D eigenvalue weighted by molar-refractivity contribution is -0.148. The fraction of sp³-hybridized carbons (Fsp3) is 0.500. The molecule has 0 unspecified atom stereocenters. The van der Waals surface area contributed by atoms with Crippen LogP contribution in [0.15, 0.2) is 53.4 Å². The molecule has 2 aromatic carbocycles. The number of nitrogens with zero attached hydrogens (tertiary/aromatic N) is 1. The van der Waals surface area contributed by atoms with E-state index < -0.39 is 24.2 Å². The van der Waals surface area contributed by atoms with Gasteiger partial charge < -0.3 is 20.6 Å². The highest BCUT2D eigenvalue weighted by Gasteiger charge is 2.41. The quantitative estimate of drug-likeness (QED) is 0.377. The summed E-state index contributed by atoms with van der Waals surface area (Å²) in [6.07, 6.45) is 4.18. The average Bonchev–Trinajstić information content (AvgIpc) is 2.88. The van der Waals surface area contributed by atoms with Gasteiger partial charge in [0.05, 0.1) is 12.1 Å². The number of hydrogen-bond acceptors (Lipinski definition) is 6. The molecule has 4 N–H and O–H groups in total. The zero-order valence-electron chi connectivity index (χ0n) is 20.7. The third-order valence-corrected chi connectivity index (χ3v) is 8.84. The molecule has 194 valence electrons. The molecule has 0 aromatic heterocycles. The molecule has 0 radical (unpaired) electrons. The molecule has 0 bridgehead atoms. The monoisotopic (exact) mass is 512 g/mol. The molecular formula is C28H36N2O5S. The molecule has 1 aliphatic carbocycles. The van der Waals surface area contributed by atoms with E-state index in [0.717, 1.165) is 24.2 Å². The van der Waals surface area contributed by atoms with Crippen molar-refractivity contribution in [1.29, 1.82) is 0 Å². The number of nitrogens with one attached hydrogen (secondary N) is 1. The van der Waals surface area contributed by atoms with Gasteiger partial charge in [0.25, 0.3) is 5.91 Å². The van der Waals surface area contributed by atoms with Crippen LogP contribution in [-0.2, 0) is 4.79 Å². The van der Waals surface area contributed by atoms with Crippen LogP contribution in [0.2, 0.25) is 0 Å². The molecule has 1 amide bonds. The zero-order chi connectivity index (χ0) is 25.7. The van der Waals surface area contributed by atoms with Crippen LogP contribution in [-0.4, -0.2) is 69.1 Å². The summed E-state index contributed by atoms with van der Waals surface area (Å²) >= 11 is 1.53. The smallest absolute Gasteiger partial charge is 0.320 e. The van der Waals surface area contributed by atoms with Crippen molar-refractivity contribution in [1.82, 2.24) is 10.2 Å². The second-order valence-electron chi connectivity index (χ2n) is 10.1. The molecule has 8 heteroatoms. The molecule has 1 saturated heterocycles. The number of phenolic OH excluding ortho intramolecular Hbond substituents is 1. The maximum atomic E-state index is 13.1. The first kappa shape index (κ1) is 26.5. The Bertz CT molecular complexity index is 1050. The lowest BCUT2D eigenvalue weighted by Gasteiger charge is -2.45. The van der Waals surface area contributed by atoms with Gasteiger partial charge in [0, 0.05) is 34.9 Å². The summed E-state index contributed by atoms with van der Waals surface area (Å²) in [5.41, 5.74) is 0.826. The lowest BCUT2D eigenvalue weighted by atomic mass is 9.73. The molecule has 1 heterocycles. The van der Waals surface area contributed by atoms with E-state index in [0.29, 0.717) is 41.7 Å². The second-order valence-corrected chi connectivity index (χ2v) is 11.2. The van der Waals surface area contributed by atoms with Crippen molar-refractivity contribution in [2.45, 2.75) is 62.1 Å². The molecule has 2 aliphatic rings. The Morgan fingerprint density at radius 2 is 1.81 bits per heavy atom. The van der Waals surface area contributed by atoms with Gasteiger partial charge in [-0.15, -0.1) is 11.8 Å². The third kappa shape index (κ3) is 6.41. The van der Waals surface area contributed by atoms with Crippen molar-refractivity contribution < 1.29 is 24.9 Å². The van der Waals surface area contributed by atoms with Gasteiger partial charge in [0.15, 0.2) is 0 Å². The van der Waals surface area contributed by atoms with Crippen LogP contribution < -0.4 is 5.32 Å². The number of amides is 1. The van der Waals surface area contributed by atoms with Crippen LogP contribution in [0.1, 0.15) is 48.0 Å². The first-order chi connectivity index (χ1) is 17.3. The number of thioether (sulfide) groups is 1. The number of carbonyl (C=O) groups excluding carboxylic acids is 1. The minimum Gasteiger partial charge on any atom is -0.508 e. The number of aromatic hydroxyl groups is 1. The van der Waals surface area contributed by atoms with Gasteiger partial charge in [-0.1, -0.05) is 43.5 Å². The van der Waals surface area contributed by atoms with Gasteiger partial charge in [-0.2, -0.15) is 0 Å². The number of hydrogen-bond donors (Lipinski definition) is 4. The number of benzene rings is 2. The highest BCUT2D eigenvalue weighted by atomic mass is 32.2. The van der Waals surface area contributed by atoms with Gasteiger partial charge in [-0.3, -0.25) is 14.5 Å². The van der Waals surface area contributed by atoms with Crippen LogP contribution in [0.5, 0.6) is 5.75 Å². The maximum absolute atomic E-state index is 13.1. The van der Waals surface area contributed by atoms with E-state index in [2.05, 4.69) is 5.32 Å². The summed E-state index contributed by atoms with van der Waals surface area (Å²) in [5, 5.41) is 34.3. The van der Waals surface area contributed by atoms with Crippen LogP contribution in [0, 0.1) is 18.8 Å².